The number of carbonyl (C=O) groups excluding carboxylic acids is 3. The standard InChI is InChI=1S/C27H19Cl2NO8/c1-30-27(37)24(35,21(32)18-13-7-3-8-14-18)23(34,20(31)17-11-5-2-6-12-17)26(29,38-27)25(28,36)22(33)19-15-9-4-10-16-19/h2-16,34-37H/t23-,24+,25?,26-,27?/m0/s1. The highest BCUT2D eigenvalue weighted by Crippen LogP contribution is 2.61. The van der Waals surface area contributed by atoms with Crippen LogP contribution in [0, 0.1) is 6.57 Å². The van der Waals surface area contributed by atoms with E-state index in [1.807, 2.05) is 0 Å². The summed E-state index contributed by atoms with van der Waals surface area (Å²) in [5, 5.41) is 39.2. The van der Waals surface area contributed by atoms with Gasteiger partial charge in [-0.1, -0.05) is 114 Å². The van der Waals surface area contributed by atoms with Crippen LogP contribution in [-0.4, -0.2) is 65.0 Å². The maximum absolute atomic E-state index is 13.9. The first-order valence-corrected chi connectivity index (χ1v) is 11.7. The molecule has 1 heterocycles. The lowest BCUT2D eigenvalue weighted by atomic mass is 9.68. The first-order chi connectivity index (χ1) is 17.8. The normalized spacial score (nSPS) is 30.1. The van der Waals surface area contributed by atoms with Gasteiger partial charge < -0.3 is 15.3 Å². The van der Waals surface area contributed by atoms with Gasteiger partial charge in [-0.3, -0.25) is 19.5 Å². The van der Waals surface area contributed by atoms with Crippen LogP contribution in [0.3, 0.4) is 0 Å². The highest BCUT2D eigenvalue weighted by Gasteiger charge is 2.94. The van der Waals surface area contributed by atoms with Crippen molar-refractivity contribution in [1.82, 2.24) is 0 Å². The van der Waals surface area contributed by atoms with Crippen molar-refractivity contribution in [3.05, 3.63) is 119 Å². The van der Waals surface area contributed by atoms with E-state index in [1.54, 1.807) is 0 Å². The van der Waals surface area contributed by atoms with E-state index < -0.39 is 50.1 Å². The van der Waals surface area contributed by atoms with Gasteiger partial charge in [0.15, 0.2) is 0 Å². The van der Waals surface area contributed by atoms with Gasteiger partial charge in [0.25, 0.3) is 0 Å². The van der Waals surface area contributed by atoms with E-state index in [1.165, 1.54) is 66.7 Å². The van der Waals surface area contributed by atoms with E-state index in [0.717, 1.165) is 24.3 Å². The Morgan fingerprint density at radius 3 is 1.50 bits per heavy atom. The number of Topliss-reactive ketones (excluding diaryl/α,β-unsaturated/α-hetero) is 3. The summed E-state index contributed by atoms with van der Waals surface area (Å²) in [6, 6.07) is 19.9. The van der Waals surface area contributed by atoms with Gasteiger partial charge in [-0.25, -0.2) is 16.2 Å². The second kappa shape index (κ2) is 9.38. The van der Waals surface area contributed by atoms with Crippen LogP contribution in [0.4, 0.5) is 0 Å². The minimum absolute atomic E-state index is 0.278. The van der Waals surface area contributed by atoms with Crippen molar-refractivity contribution in [3.8, 4) is 0 Å². The first kappa shape index (κ1) is 27.6. The highest BCUT2D eigenvalue weighted by atomic mass is 35.5. The van der Waals surface area contributed by atoms with Gasteiger partial charge in [-0.2, -0.15) is 0 Å². The second-order valence-corrected chi connectivity index (χ2v) is 9.63. The zero-order valence-electron chi connectivity index (χ0n) is 19.3. The minimum Gasteiger partial charge on any atom is -0.374 e. The zero-order chi connectivity index (χ0) is 28.0. The fourth-order valence-corrected chi connectivity index (χ4v) is 5.07. The van der Waals surface area contributed by atoms with Crippen molar-refractivity contribution in [1.29, 1.82) is 0 Å². The van der Waals surface area contributed by atoms with Crippen LogP contribution < -0.4 is 0 Å². The largest absolute Gasteiger partial charge is 0.498 e. The number of aliphatic hydroxyl groups is 4. The summed E-state index contributed by atoms with van der Waals surface area (Å²) in [5.41, 5.74) is -8.90. The van der Waals surface area contributed by atoms with Crippen molar-refractivity contribution in [2.45, 2.75) is 27.2 Å². The van der Waals surface area contributed by atoms with Crippen molar-refractivity contribution in [2.24, 2.45) is 0 Å². The van der Waals surface area contributed by atoms with Gasteiger partial charge >= 0.3 is 11.5 Å². The third-order valence-corrected chi connectivity index (χ3v) is 7.55. The van der Waals surface area contributed by atoms with E-state index >= 15 is 0 Å². The van der Waals surface area contributed by atoms with E-state index in [4.69, 9.17) is 34.5 Å². The molecule has 5 atom stereocenters. The molecule has 0 saturated carbocycles. The second-order valence-electron chi connectivity index (χ2n) is 8.55. The summed E-state index contributed by atoms with van der Waals surface area (Å²) in [5.74, 6) is -8.41. The molecule has 1 saturated heterocycles. The molecular formula is C27H19Cl2NO8. The monoisotopic (exact) mass is 555 g/mol. The third-order valence-electron chi connectivity index (χ3n) is 6.39. The van der Waals surface area contributed by atoms with Crippen LogP contribution >= 0.6 is 23.2 Å². The third kappa shape index (κ3) is 3.55. The molecule has 0 aliphatic carbocycles. The van der Waals surface area contributed by atoms with Crippen LogP contribution in [0.25, 0.3) is 4.85 Å². The molecular weight excluding hydrogens is 537 g/mol. The SMILES string of the molecule is [C-]#[N+]C1(O)O[C@](Cl)(C(O)(Cl)C(=O)c2ccccc2)[C@](O)(C(=O)c2ccccc2)[C@]1(O)C(=O)c1ccccc1. The lowest BCUT2D eigenvalue weighted by molar-refractivity contribution is -0.233. The molecule has 3 aromatic carbocycles. The molecule has 11 heteroatoms. The molecule has 1 aliphatic heterocycles. The Balaban J connectivity index is 2.06. The summed E-state index contributed by atoms with van der Waals surface area (Å²) in [7, 11) is 0. The Morgan fingerprint density at radius 1 is 0.737 bits per heavy atom. The average molecular weight is 556 g/mol. The van der Waals surface area contributed by atoms with E-state index in [-0.39, 0.29) is 11.1 Å². The van der Waals surface area contributed by atoms with Crippen LogP contribution in [-0.2, 0) is 4.74 Å². The highest BCUT2D eigenvalue weighted by molar-refractivity contribution is 6.45. The fourth-order valence-electron chi connectivity index (χ4n) is 4.37. The number of ketones is 3. The molecule has 2 unspecified atom stereocenters. The molecule has 4 N–H and O–H groups in total. The first-order valence-electron chi connectivity index (χ1n) is 11.0. The molecule has 4 rings (SSSR count). The lowest BCUT2D eigenvalue weighted by Crippen LogP contribution is -2.76. The van der Waals surface area contributed by atoms with Crippen molar-refractivity contribution in [2.75, 3.05) is 0 Å². The van der Waals surface area contributed by atoms with Crippen molar-refractivity contribution in [3.63, 3.8) is 0 Å². The van der Waals surface area contributed by atoms with Crippen LogP contribution in [0.15, 0.2) is 91.0 Å². The van der Waals surface area contributed by atoms with E-state index in [2.05, 4.69) is 4.85 Å². The fraction of sp³-hybridized carbons (Fsp3) is 0.185. The van der Waals surface area contributed by atoms with Gasteiger partial charge in [0.05, 0.1) is 0 Å². The number of nitrogens with zero attached hydrogens (tertiary/aromatic N) is 1. The number of halogens is 2. The molecule has 194 valence electrons. The predicted molar refractivity (Wildman–Crippen MR) is 134 cm³/mol. The molecule has 0 radical (unpaired) electrons. The molecule has 9 nitrogen and oxygen atoms in total. The van der Waals surface area contributed by atoms with Crippen LogP contribution in [0.5, 0.6) is 0 Å². The Bertz CT molecular complexity index is 1450. The molecule has 0 bridgehead atoms. The van der Waals surface area contributed by atoms with Gasteiger partial charge in [0, 0.05) is 16.7 Å². The summed E-state index contributed by atoms with van der Waals surface area (Å²) < 4.78 is 5.13. The van der Waals surface area contributed by atoms with Gasteiger partial charge in [0.1, 0.15) is 0 Å². The number of hydrogen-bond acceptors (Lipinski definition) is 8. The predicted octanol–water partition coefficient (Wildman–Crippen LogP) is 2.56. The van der Waals surface area contributed by atoms with Crippen LogP contribution in [0.2, 0.25) is 0 Å². The number of alkyl halides is 2. The molecule has 38 heavy (non-hydrogen) atoms. The number of hydrogen-bond donors (Lipinski definition) is 4. The topological polar surface area (TPSA) is 146 Å². The summed E-state index contributed by atoms with van der Waals surface area (Å²) in [6.45, 7) is 7.53. The number of benzene rings is 3. The number of ether oxygens (including phenoxy) is 1. The van der Waals surface area contributed by atoms with E-state index in [0.29, 0.717) is 0 Å². The van der Waals surface area contributed by atoms with Crippen LogP contribution in [0.1, 0.15) is 31.1 Å². The number of rotatable bonds is 7. The van der Waals surface area contributed by atoms with Crippen molar-refractivity contribution >= 4 is 40.6 Å². The quantitative estimate of drug-likeness (QED) is 0.197. The summed E-state index contributed by atoms with van der Waals surface area (Å²) in [6.07, 6.45) is 0. The molecule has 0 spiro atoms. The molecule has 1 aliphatic rings. The van der Waals surface area contributed by atoms with Gasteiger partial charge in [-0.05, 0) is 0 Å². The summed E-state index contributed by atoms with van der Waals surface area (Å²) >= 11 is 12.8. The molecule has 1 fully saturated rings. The average Bonchev–Trinajstić information content (AvgIpc) is 3.10. The lowest BCUT2D eigenvalue weighted by Gasteiger charge is -2.43. The number of carbonyl (C=O) groups is 3. The van der Waals surface area contributed by atoms with E-state index in [9.17, 15) is 34.8 Å². The van der Waals surface area contributed by atoms with Gasteiger partial charge in [-0.15, -0.1) is 0 Å². The Hall–Kier alpha value is -3.46. The summed E-state index contributed by atoms with van der Waals surface area (Å²) in [4.78, 5) is 43.8. The van der Waals surface area contributed by atoms with Gasteiger partial charge in [0.2, 0.25) is 33.1 Å². The maximum atomic E-state index is 13.9. The minimum atomic E-state index is -3.93. The smallest absolute Gasteiger partial charge is 0.374 e. The molecule has 0 amide bonds. The Kier molecular flexibility index (Phi) is 6.80. The Labute approximate surface area is 226 Å². The maximum Gasteiger partial charge on any atom is 0.498 e. The molecule has 0 aromatic heterocycles. The molecule has 3 aromatic rings. The van der Waals surface area contributed by atoms with Crippen molar-refractivity contribution < 1.29 is 39.5 Å². The zero-order valence-corrected chi connectivity index (χ0v) is 20.8. The Morgan fingerprint density at radius 2 is 1.11 bits per heavy atom.